The van der Waals surface area contributed by atoms with Gasteiger partial charge in [0.15, 0.2) is 0 Å². The molecule has 1 aromatic carbocycles. The Morgan fingerprint density at radius 3 is 2.90 bits per heavy atom. The number of ether oxygens (including phenoxy) is 1. The molecular formula is C15H18N2O3. The third-order valence-electron chi connectivity index (χ3n) is 2.91. The highest BCUT2D eigenvalue weighted by molar-refractivity contribution is 6.03. The summed E-state index contributed by atoms with van der Waals surface area (Å²) in [5.41, 5.74) is 0.917. The number of hydrogen-bond acceptors (Lipinski definition) is 4. The van der Waals surface area contributed by atoms with E-state index in [1.165, 1.54) is 0 Å². The summed E-state index contributed by atoms with van der Waals surface area (Å²) in [6.45, 7) is 5.10. The molecule has 2 N–H and O–H groups in total. The number of aromatic carboxylic acids is 1. The normalized spacial score (nSPS) is 12.3. The molecule has 1 atom stereocenters. The van der Waals surface area contributed by atoms with Gasteiger partial charge in [-0.2, -0.15) is 0 Å². The van der Waals surface area contributed by atoms with Gasteiger partial charge < -0.3 is 15.2 Å². The summed E-state index contributed by atoms with van der Waals surface area (Å²) in [4.78, 5) is 15.8. The van der Waals surface area contributed by atoms with Gasteiger partial charge in [-0.15, -0.1) is 0 Å². The van der Waals surface area contributed by atoms with Crippen molar-refractivity contribution in [1.82, 2.24) is 4.98 Å². The van der Waals surface area contributed by atoms with Crippen LogP contribution in [0.4, 0.5) is 5.82 Å². The zero-order valence-corrected chi connectivity index (χ0v) is 11.6. The Hall–Kier alpha value is -2.14. The highest BCUT2D eigenvalue weighted by Gasteiger charge is 2.12. The van der Waals surface area contributed by atoms with Crippen LogP contribution in [0, 0.1) is 0 Å². The first-order chi connectivity index (χ1) is 9.61. The predicted molar refractivity (Wildman–Crippen MR) is 78.3 cm³/mol. The maximum Gasteiger partial charge on any atom is 0.336 e. The van der Waals surface area contributed by atoms with E-state index in [0.29, 0.717) is 29.9 Å². The molecule has 2 rings (SSSR count). The van der Waals surface area contributed by atoms with Crippen LogP contribution in [-0.4, -0.2) is 35.3 Å². The zero-order chi connectivity index (χ0) is 14.5. The van der Waals surface area contributed by atoms with E-state index >= 15 is 0 Å². The van der Waals surface area contributed by atoms with Gasteiger partial charge in [0.05, 0.1) is 17.7 Å². The predicted octanol–water partition coefficient (Wildman–Crippen LogP) is 2.77. The van der Waals surface area contributed by atoms with E-state index in [1.54, 1.807) is 24.3 Å². The van der Waals surface area contributed by atoms with Gasteiger partial charge in [0.2, 0.25) is 0 Å². The fourth-order valence-corrected chi connectivity index (χ4v) is 2.02. The minimum Gasteiger partial charge on any atom is -0.478 e. The Balaban J connectivity index is 2.32. The fourth-order valence-electron chi connectivity index (χ4n) is 2.02. The van der Waals surface area contributed by atoms with Crippen LogP contribution < -0.4 is 5.32 Å². The van der Waals surface area contributed by atoms with E-state index in [9.17, 15) is 9.90 Å². The Morgan fingerprint density at radius 1 is 1.45 bits per heavy atom. The van der Waals surface area contributed by atoms with Crippen LogP contribution >= 0.6 is 0 Å². The molecule has 0 spiro atoms. The van der Waals surface area contributed by atoms with Gasteiger partial charge in [-0.05, 0) is 26.0 Å². The first-order valence-corrected chi connectivity index (χ1v) is 6.59. The number of pyridine rings is 1. The van der Waals surface area contributed by atoms with E-state index in [-0.39, 0.29) is 11.6 Å². The molecule has 0 fully saturated rings. The van der Waals surface area contributed by atoms with Crippen molar-refractivity contribution in [2.75, 3.05) is 18.5 Å². The lowest BCUT2D eigenvalue weighted by Gasteiger charge is -2.15. The molecule has 0 saturated heterocycles. The lowest BCUT2D eigenvalue weighted by molar-refractivity contribution is 0.0699. The van der Waals surface area contributed by atoms with Crippen LogP contribution in [0.2, 0.25) is 0 Å². The first kappa shape index (κ1) is 14.3. The molecular weight excluding hydrogens is 256 g/mol. The molecule has 106 valence electrons. The van der Waals surface area contributed by atoms with E-state index in [2.05, 4.69) is 10.3 Å². The average molecular weight is 274 g/mol. The smallest absolute Gasteiger partial charge is 0.336 e. The second kappa shape index (κ2) is 6.34. The first-order valence-electron chi connectivity index (χ1n) is 6.59. The van der Waals surface area contributed by atoms with E-state index < -0.39 is 5.97 Å². The Labute approximate surface area is 117 Å². The van der Waals surface area contributed by atoms with Crippen LogP contribution in [-0.2, 0) is 4.74 Å². The van der Waals surface area contributed by atoms with Gasteiger partial charge in [0.1, 0.15) is 5.82 Å². The van der Waals surface area contributed by atoms with Crippen molar-refractivity contribution in [2.45, 2.75) is 19.9 Å². The molecule has 0 amide bonds. The number of anilines is 1. The molecule has 0 bridgehead atoms. The minimum atomic E-state index is -0.955. The van der Waals surface area contributed by atoms with Crippen molar-refractivity contribution in [3.05, 3.63) is 35.9 Å². The number of hydrogen-bond donors (Lipinski definition) is 2. The standard InChI is InChI=1S/C15H18N2O3/c1-3-20-9-10(2)16-14-8-12(15(18)19)11-6-4-5-7-13(11)17-14/h4-8,10H,3,9H2,1-2H3,(H,16,17)(H,18,19). The summed E-state index contributed by atoms with van der Waals surface area (Å²) < 4.78 is 5.33. The van der Waals surface area contributed by atoms with E-state index in [1.807, 2.05) is 19.9 Å². The average Bonchev–Trinajstić information content (AvgIpc) is 2.44. The lowest BCUT2D eigenvalue weighted by atomic mass is 10.1. The lowest BCUT2D eigenvalue weighted by Crippen LogP contribution is -2.22. The summed E-state index contributed by atoms with van der Waals surface area (Å²) in [6, 6.07) is 8.84. The van der Waals surface area contributed by atoms with Crippen molar-refractivity contribution in [3.8, 4) is 0 Å². The molecule has 1 unspecified atom stereocenters. The van der Waals surface area contributed by atoms with E-state index in [4.69, 9.17) is 4.74 Å². The molecule has 1 heterocycles. The summed E-state index contributed by atoms with van der Waals surface area (Å²) in [5.74, 6) is -0.405. The van der Waals surface area contributed by atoms with Crippen molar-refractivity contribution in [1.29, 1.82) is 0 Å². The van der Waals surface area contributed by atoms with Crippen LogP contribution in [0.15, 0.2) is 30.3 Å². The Kier molecular flexibility index (Phi) is 4.53. The van der Waals surface area contributed by atoms with Crippen LogP contribution in [0.25, 0.3) is 10.9 Å². The number of nitrogens with one attached hydrogen (secondary N) is 1. The number of carboxylic acid groups (broad SMARTS) is 1. The van der Waals surface area contributed by atoms with Crippen LogP contribution in [0.1, 0.15) is 24.2 Å². The number of benzene rings is 1. The molecule has 0 aliphatic heterocycles. The summed E-state index contributed by atoms with van der Waals surface area (Å²) >= 11 is 0. The maximum absolute atomic E-state index is 11.3. The minimum absolute atomic E-state index is 0.0604. The quantitative estimate of drug-likeness (QED) is 0.847. The molecule has 5 heteroatoms. The van der Waals surface area contributed by atoms with Gasteiger partial charge in [-0.3, -0.25) is 0 Å². The van der Waals surface area contributed by atoms with Crippen molar-refractivity contribution in [2.24, 2.45) is 0 Å². The molecule has 20 heavy (non-hydrogen) atoms. The second-order valence-corrected chi connectivity index (χ2v) is 4.58. The number of fused-ring (bicyclic) bond motifs is 1. The molecule has 2 aromatic rings. The van der Waals surface area contributed by atoms with Crippen molar-refractivity contribution in [3.63, 3.8) is 0 Å². The third-order valence-corrected chi connectivity index (χ3v) is 2.91. The molecule has 1 aromatic heterocycles. The van der Waals surface area contributed by atoms with Crippen LogP contribution in [0.5, 0.6) is 0 Å². The SMILES string of the molecule is CCOCC(C)Nc1cc(C(=O)O)c2ccccc2n1. The number of aromatic nitrogens is 1. The van der Waals surface area contributed by atoms with Gasteiger partial charge in [0, 0.05) is 18.0 Å². The topological polar surface area (TPSA) is 71.5 Å². The summed E-state index contributed by atoms with van der Waals surface area (Å²) in [6.07, 6.45) is 0. The number of para-hydroxylation sites is 1. The third kappa shape index (κ3) is 3.24. The van der Waals surface area contributed by atoms with E-state index in [0.717, 1.165) is 0 Å². The second-order valence-electron chi connectivity index (χ2n) is 4.58. The van der Waals surface area contributed by atoms with Crippen LogP contribution in [0.3, 0.4) is 0 Å². The Bertz CT molecular complexity index is 613. The molecule has 0 aliphatic rings. The molecule has 5 nitrogen and oxygen atoms in total. The maximum atomic E-state index is 11.3. The van der Waals surface area contributed by atoms with Crippen molar-refractivity contribution >= 4 is 22.7 Å². The molecule has 0 aliphatic carbocycles. The fraction of sp³-hybridized carbons (Fsp3) is 0.333. The highest BCUT2D eigenvalue weighted by atomic mass is 16.5. The van der Waals surface area contributed by atoms with Gasteiger partial charge in [0.25, 0.3) is 0 Å². The largest absolute Gasteiger partial charge is 0.478 e. The number of carboxylic acids is 1. The monoisotopic (exact) mass is 274 g/mol. The molecule has 0 saturated carbocycles. The number of carbonyl (C=O) groups is 1. The van der Waals surface area contributed by atoms with Gasteiger partial charge in [-0.25, -0.2) is 9.78 Å². The van der Waals surface area contributed by atoms with Gasteiger partial charge >= 0.3 is 5.97 Å². The zero-order valence-electron chi connectivity index (χ0n) is 11.6. The summed E-state index contributed by atoms with van der Waals surface area (Å²) in [5, 5.41) is 13.1. The number of rotatable bonds is 6. The number of nitrogens with zero attached hydrogens (tertiary/aromatic N) is 1. The Morgan fingerprint density at radius 2 is 2.20 bits per heavy atom. The summed E-state index contributed by atoms with van der Waals surface area (Å²) in [7, 11) is 0. The van der Waals surface area contributed by atoms with Gasteiger partial charge in [-0.1, -0.05) is 18.2 Å². The van der Waals surface area contributed by atoms with Crippen molar-refractivity contribution < 1.29 is 14.6 Å². The molecule has 0 radical (unpaired) electrons. The highest BCUT2D eigenvalue weighted by Crippen LogP contribution is 2.21.